The van der Waals surface area contributed by atoms with Gasteiger partial charge in [-0.15, -0.1) is 0 Å². The van der Waals surface area contributed by atoms with Crippen LogP contribution in [-0.4, -0.2) is 16.1 Å². The highest BCUT2D eigenvalue weighted by Crippen LogP contribution is 2.24. The predicted molar refractivity (Wildman–Crippen MR) is 66.8 cm³/mol. The number of hydrogen-bond donors (Lipinski definition) is 2. The van der Waals surface area contributed by atoms with E-state index in [1.165, 1.54) is 6.07 Å². The van der Waals surface area contributed by atoms with Crippen LogP contribution in [-0.2, 0) is 6.42 Å². The summed E-state index contributed by atoms with van der Waals surface area (Å²) in [5, 5.41) is 8.91. The van der Waals surface area contributed by atoms with Crippen LogP contribution in [0.1, 0.15) is 21.6 Å². The average molecular weight is 241 g/mol. The molecule has 1 aromatic carbocycles. The van der Waals surface area contributed by atoms with Crippen LogP contribution in [0.5, 0.6) is 0 Å². The number of benzene rings is 1. The van der Waals surface area contributed by atoms with E-state index in [4.69, 9.17) is 9.52 Å². The minimum atomic E-state index is -0.980. The van der Waals surface area contributed by atoms with Crippen LogP contribution in [0.3, 0.4) is 0 Å². The van der Waals surface area contributed by atoms with Crippen LogP contribution in [0.2, 0.25) is 0 Å². The molecule has 0 saturated carbocycles. The van der Waals surface area contributed by atoms with Gasteiger partial charge in [0.15, 0.2) is 5.58 Å². The van der Waals surface area contributed by atoms with Crippen molar-refractivity contribution in [2.75, 3.05) is 0 Å². The highest BCUT2D eigenvalue weighted by Gasteiger charge is 2.13. The lowest BCUT2D eigenvalue weighted by Gasteiger charge is -1.97. The Morgan fingerprint density at radius 2 is 2.06 bits per heavy atom. The van der Waals surface area contributed by atoms with E-state index in [9.17, 15) is 4.79 Å². The molecule has 90 valence electrons. The third-order valence-corrected chi connectivity index (χ3v) is 2.90. The second-order valence-corrected chi connectivity index (χ2v) is 4.15. The standard InChI is InChI=1S/C14H11NO3/c16-14(17)11-7-12-13(15-11)10(8-18-12)6-9-4-2-1-3-5-9/h1-5,7-8,15H,6H2,(H,16,17). The van der Waals surface area contributed by atoms with Gasteiger partial charge in [-0.25, -0.2) is 4.79 Å². The number of rotatable bonds is 3. The molecule has 0 bridgehead atoms. The number of furan rings is 1. The van der Waals surface area contributed by atoms with Gasteiger partial charge in [0.05, 0.1) is 11.8 Å². The lowest BCUT2D eigenvalue weighted by Crippen LogP contribution is -1.95. The molecule has 4 nitrogen and oxygen atoms in total. The molecule has 0 unspecified atom stereocenters. The zero-order valence-corrected chi connectivity index (χ0v) is 9.51. The SMILES string of the molecule is O=C(O)c1cc2occ(Cc3ccccc3)c2[nH]1. The third-order valence-electron chi connectivity index (χ3n) is 2.90. The molecule has 0 radical (unpaired) electrons. The number of H-pyrrole nitrogens is 1. The molecule has 0 amide bonds. The van der Waals surface area contributed by atoms with Crippen molar-refractivity contribution < 1.29 is 14.3 Å². The van der Waals surface area contributed by atoms with Gasteiger partial charge in [-0.2, -0.15) is 0 Å². The number of nitrogens with one attached hydrogen (secondary N) is 1. The highest BCUT2D eigenvalue weighted by molar-refractivity contribution is 5.92. The number of aromatic carboxylic acids is 1. The lowest BCUT2D eigenvalue weighted by molar-refractivity contribution is 0.0691. The zero-order valence-electron chi connectivity index (χ0n) is 9.51. The van der Waals surface area contributed by atoms with Gasteiger partial charge >= 0.3 is 5.97 Å². The molecule has 0 aliphatic rings. The second-order valence-electron chi connectivity index (χ2n) is 4.15. The van der Waals surface area contributed by atoms with Gasteiger partial charge in [0, 0.05) is 18.1 Å². The Morgan fingerprint density at radius 3 is 2.78 bits per heavy atom. The molecular formula is C14H11NO3. The van der Waals surface area contributed by atoms with Crippen LogP contribution in [0.15, 0.2) is 47.1 Å². The molecule has 18 heavy (non-hydrogen) atoms. The van der Waals surface area contributed by atoms with E-state index in [1.807, 2.05) is 30.3 Å². The topological polar surface area (TPSA) is 66.2 Å². The molecule has 0 saturated heterocycles. The first-order valence-corrected chi connectivity index (χ1v) is 5.60. The maximum atomic E-state index is 10.9. The predicted octanol–water partition coefficient (Wildman–Crippen LogP) is 3.05. The Morgan fingerprint density at radius 1 is 1.28 bits per heavy atom. The molecule has 3 rings (SSSR count). The van der Waals surface area contributed by atoms with Crippen molar-refractivity contribution in [1.82, 2.24) is 4.98 Å². The second kappa shape index (κ2) is 4.07. The molecule has 2 N–H and O–H groups in total. The number of carboxylic acids is 1. The third kappa shape index (κ3) is 1.78. The average Bonchev–Trinajstić information content (AvgIpc) is 2.93. The van der Waals surface area contributed by atoms with E-state index in [2.05, 4.69) is 4.98 Å². The Bertz CT molecular complexity index is 694. The Kier molecular flexibility index (Phi) is 2.41. The van der Waals surface area contributed by atoms with E-state index >= 15 is 0 Å². The van der Waals surface area contributed by atoms with Gasteiger partial charge in [0.2, 0.25) is 0 Å². The molecular weight excluding hydrogens is 230 g/mol. The van der Waals surface area contributed by atoms with E-state index in [0.29, 0.717) is 12.0 Å². The van der Waals surface area contributed by atoms with Crippen molar-refractivity contribution in [2.24, 2.45) is 0 Å². The largest absolute Gasteiger partial charge is 0.477 e. The van der Waals surface area contributed by atoms with Gasteiger partial charge in [0.25, 0.3) is 0 Å². The minimum Gasteiger partial charge on any atom is -0.477 e. The maximum absolute atomic E-state index is 10.9. The first kappa shape index (κ1) is 10.7. The number of aromatic amines is 1. The van der Waals surface area contributed by atoms with Crippen molar-refractivity contribution in [3.63, 3.8) is 0 Å². The molecule has 4 heteroatoms. The van der Waals surface area contributed by atoms with E-state index < -0.39 is 5.97 Å². The van der Waals surface area contributed by atoms with Crippen LogP contribution in [0.25, 0.3) is 11.1 Å². The summed E-state index contributed by atoms with van der Waals surface area (Å²) < 4.78 is 5.36. The van der Waals surface area contributed by atoms with Crippen molar-refractivity contribution in [2.45, 2.75) is 6.42 Å². The van der Waals surface area contributed by atoms with Crippen LogP contribution in [0.4, 0.5) is 0 Å². The van der Waals surface area contributed by atoms with Crippen molar-refractivity contribution in [3.8, 4) is 0 Å². The molecule has 0 aliphatic carbocycles. The Hall–Kier alpha value is -2.49. The monoisotopic (exact) mass is 241 g/mol. The summed E-state index contributed by atoms with van der Waals surface area (Å²) in [6, 6.07) is 11.5. The summed E-state index contributed by atoms with van der Waals surface area (Å²) in [7, 11) is 0. The van der Waals surface area contributed by atoms with Crippen molar-refractivity contribution in [1.29, 1.82) is 0 Å². The van der Waals surface area contributed by atoms with Gasteiger partial charge in [0.1, 0.15) is 5.69 Å². The number of carbonyl (C=O) groups is 1. The smallest absolute Gasteiger partial charge is 0.352 e. The van der Waals surface area contributed by atoms with Crippen LogP contribution < -0.4 is 0 Å². The van der Waals surface area contributed by atoms with Crippen molar-refractivity contribution >= 4 is 17.1 Å². The summed E-state index contributed by atoms with van der Waals surface area (Å²) >= 11 is 0. The fourth-order valence-corrected chi connectivity index (χ4v) is 2.02. The lowest BCUT2D eigenvalue weighted by atomic mass is 10.1. The molecule has 0 spiro atoms. The van der Waals surface area contributed by atoms with Gasteiger partial charge in [-0.05, 0) is 5.56 Å². The van der Waals surface area contributed by atoms with E-state index in [-0.39, 0.29) is 5.69 Å². The van der Waals surface area contributed by atoms with Crippen molar-refractivity contribution in [3.05, 3.63) is 59.5 Å². The first-order valence-electron chi connectivity index (χ1n) is 5.60. The fraction of sp³-hybridized carbons (Fsp3) is 0.0714. The molecule has 0 aliphatic heterocycles. The summed E-state index contributed by atoms with van der Waals surface area (Å²) in [6.07, 6.45) is 2.38. The Balaban J connectivity index is 1.99. The fourth-order valence-electron chi connectivity index (χ4n) is 2.02. The first-order chi connectivity index (χ1) is 8.74. The van der Waals surface area contributed by atoms with E-state index in [1.54, 1.807) is 6.26 Å². The van der Waals surface area contributed by atoms with E-state index in [0.717, 1.165) is 16.6 Å². The zero-order chi connectivity index (χ0) is 12.5. The van der Waals surface area contributed by atoms with Crippen LogP contribution in [0, 0.1) is 0 Å². The summed E-state index contributed by atoms with van der Waals surface area (Å²) in [5.74, 6) is -0.980. The number of carboxylic acid groups (broad SMARTS) is 1. The minimum absolute atomic E-state index is 0.152. The molecule has 2 heterocycles. The van der Waals surface area contributed by atoms with Gasteiger partial charge in [-0.1, -0.05) is 30.3 Å². The normalized spacial score (nSPS) is 10.9. The quantitative estimate of drug-likeness (QED) is 0.740. The van der Waals surface area contributed by atoms with Gasteiger partial charge < -0.3 is 14.5 Å². The number of fused-ring (bicyclic) bond motifs is 1. The number of aromatic nitrogens is 1. The summed E-state index contributed by atoms with van der Waals surface area (Å²) in [6.45, 7) is 0. The Labute approximate surface area is 103 Å². The molecule has 0 atom stereocenters. The summed E-state index contributed by atoms with van der Waals surface area (Å²) in [4.78, 5) is 13.7. The summed E-state index contributed by atoms with van der Waals surface area (Å²) in [5.41, 5.74) is 3.61. The molecule has 2 aromatic heterocycles. The van der Waals surface area contributed by atoms with Gasteiger partial charge in [-0.3, -0.25) is 0 Å². The van der Waals surface area contributed by atoms with Crippen LogP contribution >= 0.6 is 0 Å². The highest BCUT2D eigenvalue weighted by atomic mass is 16.4. The molecule has 3 aromatic rings. The maximum Gasteiger partial charge on any atom is 0.352 e. The number of hydrogen-bond acceptors (Lipinski definition) is 2. The molecule has 0 fully saturated rings.